The van der Waals surface area contributed by atoms with Gasteiger partial charge in [0.2, 0.25) is 0 Å². The van der Waals surface area contributed by atoms with Crippen LogP contribution in [-0.4, -0.2) is 20.5 Å². The molecule has 1 unspecified atom stereocenters. The molecule has 0 spiro atoms. The Hall–Kier alpha value is -1.70. The van der Waals surface area contributed by atoms with Crippen LogP contribution in [0.4, 0.5) is 0 Å². The third-order valence-corrected chi connectivity index (χ3v) is 3.55. The van der Waals surface area contributed by atoms with Crippen molar-refractivity contribution in [2.24, 2.45) is 5.41 Å². The molecule has 0 amide bonds. The molecule has 2 rings (SSSR count). The highest BCUT2D eigenvalue weighted by Gasteiger charge is 2.30. The van der Waals surface area contributed by atoms with Gasteiger partial charge in [0.15, 0.2) is 17.5 Å². The third-order valence-electron chi connectivity index (χ3n) is 3.55. The molecule has 1 aromatic rings. The number of aryl methyl sites for hydroxylation is 1. The number of nitrogens with zero attached hydrogens (tertiary/aromatic N) is 4. The van der Waals surface area contributed by atoms with Crippen LogP contribution in [0.25, 0.3) is 0 Å². The molecule has 5 heteroatoms. The van der Waals surface area contributed by atoms with E-state index in [1.807, 2.05) is 25.3 Å². The topological polar surface area (TPSA) is 71.6 Å². The molecule has 5 nitrogen and oxygen atoms in total. The molecule has 0 aromatic carbocycles. The maximum atomic E-state index is 12.4. The number of Topliss-reactive ketones (excluding diaryl/α,β-unsaturated/α-hetero) is 1. The van der Waals surface area contributed by atoms with Crippen LogP contribution in [0.3, 0.4) is 0 Å². The molecule has 1 aromatic heterocycles. The Morgan fingerprint density at radius 2 is 2.10 bits per heavy atom. The Labute approximate surface area is 120 Å². The van der Waals surface area contributed by atoms with Crippen LogP contribution in [0.2, 0.25) is 0 Å². The molecule has 0 saturated carbocycles. The van der Waals surface area contributed by atoms with Crippen molar-refractivity contribution in [3.05, 3.63) is 11.6 Å². The number of hydrogen-bond donors (Lipinski definition) is 0. The van der Waals surface area contributed by atoms with Crippen LogP contribution in [0.5, 0.6) is 0 Å². The second-order valence-electron chi connectivity index (χ2n) is 6.70. The summed E-state index contributed by atoms with van der Waals surface area (Å²) in [5.41, 5.74) is -0.117. The molecule has 0 radical (unpaired) electrons. The van der Waals surface area contributed by atoms with Crippen molar-refractivity contribution in [3.63, 3.8) is 0 Å². The summed E-state index contributed by atoms with van der Waals surface area (Å²) in [6, 6.07) is 2.12. The number of hydrogen-bond acceptors (Lipinski definition) is 4. The van der Waals surface area contributed by atoms with Crippen LogP contribution in [-0.2, 0) is 17.8 Å². The van der Waals surface area contributed by atoms with E-state index in [1.165, 1.54) is 0 Å². The van der Waals surface area contributed by atoms with E-state index in [9.17, 15) is 10.1 Å². The molecule has 20 heavy (non-hydrogen) atoms. The second kappa shape index (κ2) is 5.74. The van der Waals surface area contributed by atoms with E-state index in [2.05, 4.69) is 16.3 Å². The molecule has 0 bridgehead atoms. The van der Waals surface area contributed by atoms with Gasteiger partial charge in [0.25, 0.3) is 0 Å². The minimum atomic E-state index is -0.784. The molecule has 0 saturated heterocycles. The first-order chi connectivity index (χ1) is 9.42. The molecule has 1 atom stereocenters. The zero-order valence-electron chi connectivity index (χ0n) is 12.5. The summed E-state index contributed by atoms with van der Waals surface area (Å²) in [6.07, 6.45) is 4.59. The fourth-order valence-electron chi connectivity index (χ4n) is 2.62. The van der Waals surface area contributed by atoms with Gasteiger partial charge < -0.3 is 4.57 Å². The summed E-state index contributed by atoms with van der Waals surface area (Å²) in [5.74, 6) is 0.619. The lowest BCUT2D eigenvalue weighted by Gasteiger charge is -2.19. The highest BCUT2D eigenvalue weighted by atomic mass is 16.1. The van der Waals surface area contributed by atoms with Crippen LogP contribution in [0.1, 0.15) is 64.0 Å². The van der Waals surface area contributed by atoms with Gasteiger partial charge in [-0.25, -0.2) is 0 Å². The fourth-order valence-corrected chi connectivity index (χ4v) is 2.62. The zero-order chi connectivity index (χ0) is 14.8. The highest BCUT2D eigenvalue weighted by Crippen LogP contribution is 2.26. The van der Waals surface area contributed by atoms with Gasteiger partial charge in [0.1, 0.15) is 5.82 Å². The van der Waals surface area contributed by atoms with Crippen LogP contribution in [0.15, 0.2) is 0 Å². The number of carbonyl (C=O) groups excluding carboxylic acids is 1. The number of rotatable bonds is 3. The average molecular weight is 274 g/mol. The molecule has 1 aliphatic rings. The van der Waals surface area contributed by atoms with E-state index in [0.29, 0.717) is 12.2 Å². The van der Waals surface area contributed by atoms with Gasteiger partial charge in [-0.15, -0.1) is 10.2 Å². The molecule has 0 fully saturated rings. The third kappa shape index (κ3) is 3.24. The quantitative estimate of drug-likeness (QED) is 0.849. The highest BCUT2D eigenvalue weighted by molar-refractivity contribution is 5.88. The summed E-state index contributed by atoms with van der Waals surface area (Å²) in [6.45, 7) is 6.83. The second-order valence-corrected chi connectivity index (χ2v) is 6.70. The average Bonchev–Trinajstić information content (AvgIpc) is 2.58. The van der Waals surface area contributed by atoms with Gasteiger partial charge >= 0.3 is 0 Å². The summed E-state index contributed by atoms with van der Waals surface area (Å²) >= 11 is 0. The van der Waals surface area contributed by atoms with Gasteiger partial charge in [0.05, 0.1) is 6.07 Å². The summed E-state index contributed by atoms with van der Waals surface area (Å²) < 4.78 is 1.99. The monoisotopic (exact) mass is 274 g/mol. The van der Waals surface area contributed by atoms with Crippen LogP contribution >= 0.6 is 0 Å². The van der Waals surface area contributed by atoms with E-state index >= 15 is 0 Å². The number of aromatic nitrogens is 3. The van der Waals surface area contributed by atoms with Crippen molar-refractivity contribution >= 4 is 5.78 Å². The van der Waals surface area contributed by atoms with E-state index in [1.54, 1.807) is 0 Å². The Morgan fingerprint density at radius 1 is 1.35 bits per heavy atom. The van der Waals surface area contributed by atoms with E-state index in [-0.39, 0.29) is 11.2 Å². The minimum Gasteiger partial charge on any atom is -0.313 e. The van der Waals surface area contributed by atoms with E-state index < -0.39 is 5.92 Å². The Balaban J connectivity index is 2.27. The molecule has 2 heterocycles. The van der Waals surface area contributed by atoms with Crippen molar-refractivity contribution in [1.29, 1.82) is 5.26 Å². The maximum absolute atomic E-state index is 12.4. The minimum absolute atomic E-state index is 0.0561. The molecule has 0 N–H and O–H groups in total. The molecule has 108 valence electrons. The van der Waals surface area contributed by atoms with Crippen molar-refractivity contribution in [1.82, 2.24) is 14.8 Å². The van der Waals surface area contributed by atoms with Crippen molar-refractivity contribution in [2.45, 2.75) is 65.3 Å². The predicted molar refractivity (Wildman–Crippen MR) is 75.0 cm³/mol. The number of carbonyl (C=O) groups is 1. The lowest BCUT2D eigenvalue weighted by Crippen LogP contribution is -2.22. The zero-order valence-corrected chi connectivity index (χ0v) is 12.5. The maximum Gasteiger partial charge on any atom is 0.164 e. The lowest BCUT2D eigenvalue weighted by atomic mass is 9.86. The largest absolute Gasteiger partial charge is 0.313 e. The van der Waals surface area contributed by atoms with Crippen LogP contribution < -0.4 is 0 Å². The van der Waals surface area contributed by atoms with E-state index in [4.69, 9.17) is 0 Å². The summed E-state index contributed by atoms with van der Waals surface area (Å²) in [7, 11) is 0. The number of fused-ring (bicyclic) bond motifs is 1. The number of ketones is 1. The first kappa shape index (κ1) is 14.7. The van der Waals surface area contributed by atoms with Crippen molar-refractivity contribution in [2.75, 3.05) is 0 Å². The van der Waals surface area contributed by atoms with Gasteiger partial charge in [-0.05, 0) is 18.3 Å². The van der Waals surface area contributed by atoms with E-state index in [0.717, 1.165) is 38.1 Å². The standard InChI is InChI=1S/C15H22N4O/c1-15(2,3)9-12(20)11(10-16)14-18-17-13-7-5-4-6-8-19(13)14/h11H,4-9H2,1-3H3. The lowest BCUT2D eigenvalue weighted by molar-refractivity contribution is -0.121. The molecular weight excluding hydrogens is 252 g/mol. The van der Waals surface area contributed by atoms with Gasteiger partial charge in [-0.1, -0.05) is 27.2 Å². The first-order valence-corrected chi connectivity index (χ1v) is 7.27. The van der Waals surface area contributed by atoms with Gasteiger partial charge in [-0.2, -0.15) is 5.26 Å². The smallest absolute Gasteiger partial charge is 0.164 e. The molecule has 0 aliphatic carbocycles. The van der Waals surface area contributed by atoms with Crippen molar-refractivity contribution < 1.29 is 4.79 Å². The van der Waals surface area contributed by atoms with Gasteiger partial charge in [0, 0.05) is 19.4 Å². The molecule has 1 aliphatic heterocycles. The van der Waals surface area contributed by atoms with Gasteiger partial charge in [-0.3, -0.25) is 4.79 Å². The Bertz CT molecular complexity index is 533. The number of nitriles is 1. The summed E-state index contributed by atoms with van der Waals surface area (Å²) in [5, 5.41) is 17.7. The summed E-state index contributed by atoms with van der Waals surface area (Å²) in [4.78, 5) is 12.4. The Kier molecular flexibility index (Phi) is 4.22. The normalized spacial score (nSPS) is 16.9. The van der Waals surface area contributed by atoms with Crippen molar-refractivity contribution in [3.8, 4) is 6.07 Å². The SMILES string of the molecule is CC(C)(C)CC(=O)C(C#N)c1nnc2n1CCCCC2. The predicted octanol–water partition coefficient (Wildman–Crippen LogP) is 2.62. The Morgan fingerprint density at radius 3 is 2.75 bits per heavy atom. The first-order valence-electron chi connectivity index (χ1n) is 7.27. The molecular formula is C15H22N4O. The fraction of sp³-hybridized carbons (Fsp3) is 0.733. The van der Waals surface area contributed by atoms with Crippen LogP contribution in [0, 0.1) is 16.7 Å².